The quantitative estimate of drug-likeness (QED) is 0.465. The van der Waals surface area contributed by atoms with E-state index >= 15 is 0 Å². The summed E-state index contributed by atoms with van der Waals surface area (Å²) in [5.74, 6) is -1.69. The van der Waals surface area contributed by atoms with Crippen molar-refractivity contribution < 1.29 is 31.9 Å². The molecule has 1 saturated carbocycles. The van der Waals surface area contributed by atoms with Gasteiger partial charge < -0.3 is 15.0 Å². The van der Waals surface area contributed by atoms with Gasteiger partial charge in [-0.1, -0.05) is 6.07 Å². The maximum Gasteiger partial charge on any atom is 0.416 e. The van der Waals surface area contributed by atoms with Crippen LogP contribution in [0.3, 0.4) is 0 Å². The fourth-order valence-corrected chi connectivity index (χ4v) is 4.78. The van der Waals surface area contributed by atoms with Gasteiger partial charge in [-0.25, -0.2) is 9.49 Å². The first-order valence-corrected chi connectivity index (χ1v) is 12.0. The van der Waals surface area contributed by atoms with E-state index in [1.54, 1.807) is 18.0 Å². The number of tetrazole rings is 1. The number of rotatable bonds is 6. The molecule has 2 aliphatic rings. The van der Waals surface area contributed by atoms with Crippen LogP contribution in [0.25, 0.3) is 11.4 Å². The number of benzene rings is 2. The molecule has 1 aliphatic carbocycles. The van der Waals surface area contributed by atoms with E-state index in [9.17, 15) is 27.2 Å². The highest BCUT2D eigenvalue weighted by Crippen LogP contribution is 2.50. The molecular formula is C25H24F4N6O3. The zero-order chi connectivity index (χ0) is 27.1. The van der Waals surface area contributed by atoms with Gasteiger partial charge >= 0.3 is 6.18 Å². The van der Waals surface area contributed by atoms with Crippen LogP contribution in [0, 0.1) is 5.82 Å². The van der Waals surface area contributed by atoms with E-state index in [0.717, 1.165) is 12.1 Å². The smallest absolute Gasteiger partial charge is 0.381 e. The molecule has 38 heavy (non-hydrogen) atoms. The van der Waals surface area contributed by atoms with Crippen LogP contribution >= 0.6 is 0 Å². The topological polar surface area (TPSA) is 113 Å². The SMILES string of the molecule is CN(C(=O)c1ccc(NC(=O)C2(c3ccc(C(F)(F)F)cc3F)CC2)cc1-c1nnn[nH]1)C1CCOCC1. The molecule has 0 unspecified atom stereocenters. The number of nitrogens with zero attached hydrogens (tertiary/aromatic N) is 4. The van der Waals surface area contributed by atoms with Gasteiger partial charge in [-0.15, -0.1) is 5.10 Å². The molecule has 1 aliphatic heterocycles. The van der Waals surface area contributed by atoms with Crippen molar-refractivity contribution in [2.24, 2.45) is 0 Å². The van der Waals surface area contributed by atoms with Gasteiger partial charge in [-0.05, 0) is 66.4 Å². The van der Waals surface area contributed by atoms with Gasteiger partial charge in [0.25, 0.3) is 5.91 Å². The van der Waals surface area contributed by atoms with Crippen molar-refractivity contribution in [1.82, 2.24) is 25.5 Å². The number of halogens is 4. The predicted octanol–water partition coefficient (Wildman–Crippen LogP) is 3.95. The number of H-pyrrole nitrogens is 1. The first-order chi connectivity index (χ1) is 18.1. The van der Waals surface area contributed by atoms with Crippen molar-refractivity contribution in [2.75, 3.05) is 25.6 Å². The van der Waals surface area contributed by atoms with Gasteiger partial charge in [0.15, 0.2) is 5.82 Å². The van der Waals surface area contributed by atoms with E-state index in [2.05, 4.69) is 25.9 Å². The number of carbonyl (C=O) groups excluding carboxylic acids is 2. The Balaban J connectivity index is 1.41. The minimum absolute atomic E-state index is 0.00434. The number of aromatic nitrogens is 4. The van der Waals surface area contributed by atoms with Crippen LogP contribution in [-0.4, -0.2) is 63.6 Å². The van der Waals surface area contributed by atoms with Crippen molar-refractivity contribution >= 4 is 17.5 Å². The van der Waals surface area contributed by atoms with Crippen molar-refractivity contribution in [2.45, 2.75) is 43.3 Å². The molecule has 2 aromatic carbocycles. The maximum atomic E-state index is 14.7. The lowest BCUT2D eigenvalue weighted by Crippen LogP contribution is -2.40. The number of hydrogen-bond donors (Lipinski definition) is 2. The van der Waals surface area contributed by atoms with Crippen molar-refractivity contribution in [3.63, 3.8) is 0 Å². The Kier molecular flexibility index (Phi) is 6.63. The van der Waals surface area contributed by atoms with E-state index in [4.69, 9.17) is 4.74 Å². The number of ether oxygens (including phenoxy) is 1. The Labute approximate surface area is 214 Å². The molecular weight excluding hydrogens is 508 g/mol. The highest BCUT2D eigenvalue weighted by atomic mass is 19.4. The lowest BCUT2D eigenvalue weighted by Gasteiger charge is -2.31. The Morgan fingerprint density at radius 2 is 1.87 bits per heavy atom. The second-order valence-electron chi connectivity index (χ2n) is 9.50. The Morgan fingerprint density at radius 3 is 2.47 bits per heavy atom. The molecule has 2 N–H and O–H groups in total. The molecule has 0 spiro atoms. The van der Waals surface area contributed by atoms with E-state index in [1.807, 2.05) is 0 Å². The number of amides is 2. The number of alkyl halides is 3. The van der Waals surface area contributed by atoms with Crippen LogP contribution in [0.15, 0.2) is 36.4 Å². The Morgan fingerprint density at radius 1 is 1.13 bits per heavy atom. The van der Waals surface area contributed by atoms with Crippen LogP contribution in [0.2, 0.25) is 0 Å². The molecule has 9 nitrogen and oxygen atoms in total. The summed E-state index contributed by atoms with van der Waals surface area (Å²) in [4.78, 5) is 28.3. The second-order valence-corrected chi connectivity index (χ2v) is 9.50. The number of nitrogens with one attached hydrogen (secondary N) is 2. The standard InChI is InChI=1S/C25H24F4N6O3/c1-35(16-6-10-38-11-7-16)22(36)17-4-3-15(13-18(17)21-31-33-34-32-21)30-23(37)24(8-9-24)19-5-2-14(12-20(19)26)25(27,28)29/h2-5,12-13,16H,6-11H2,1H3,(H,30,37)(H,31,32,33,34). The molecule has 200 valence electrons. The molecule has 0 bridgehead atoms. The summed E-state index contributed by atoms with van der Waals surface area (Å²) >= 11 is 0. The minimum atomic E-state index is -4.69. The van der Waals surface area contributed by atoms with Crippen LogP contribution in [0.4, 0.5) is 23.2 Å². The second kappa shape index (κ2) is 9.78. The van der Waals surface area contributed by atoms with Crippen LogP contribution in [-0.2, 0) is 21.1 Å². The van der Waals surface area contributed by atoms with Gasteiger partial charge in [0.2, 0.25) is 5.91 Å². The Hall–Kier alpha value is -3.87. The molecule has 3 aromatic rings. The summed E-state index contributed by atoms with van der Waals surface area (Å²) in [6.07, 6.45) is -2.71. The first-order valence-electron chi connectivity index (χ1n) is 12.0. The van der Waals surface area contributed by atoms with Crippen molar-refractivity contribution in [3.05, 3.63) is 58.9 Å². The molecule has 1 saturated heterocycles. The third-order valence-electron chi connectivity index (χ3n) is 7.16. The molecule has 13 heteroatoms. The van der Waals surface area contributed by atoms with Gasteiger partial charge in [0.1, 0.15) is 5.82 Å². The van der Waals surface area contributed by atoms with Gasteiger partial charge in [0, 0.05) is 43.1 Å². The normalized spacial score (nSPS) is 17.2. The maximum absolute atomic E-state index is 14.7. The fraction of sp³-hybridized carbons (Fsp3) is 0.400. The summed E-state index contributed by atoms with van der Waals surface area (Å²) in [7, 11) is 1.71. The average Bonchev–Trinajstić information content (AvgIpc) is 3.53. The highest BCUT2D eigenvalue weighted by Gasteiger charge is 2.53. The molecule has 2 fully saturated rings. The predicted molar refractivity (Wildman–Crippen MR) is 126 cm³/mol. The third-order valence-corrected chi connectivity index (χ3v) is 7.16. The van der Waals surface area contributed by atoms with E-state index in [0.29, 0.717) is 48.9 Å². The summed E-state index contributed by atoms with van der Waals surface area (Å²) in [5.41, 5.74) is -1.53. The van der Waals surface area contributed by atoms with Crippen LogP contribution in [0.5, 0.6) is 0 Å². The Bertz CT molecular complexity index is 1350. The zero-order valence-electron chi connectivity index (χ0n) is 20.3. The first kappa shape index (κ1) is 25.8. The molecule has 2 amide bonds. The molecule has 2 heterocycles. The fourth-order valence-electron chi connectivity index (χ4n) is 4.78. The number of hydrogen-bond acceptors (Lipinski definition) is 6. The third kappa shape index (κ3) is 4.85. The van der Waals surface area contributed by atoms with Crippen molar-refractivity contribution in [3.8, 4) is 11.4 Å². The monoisotopic (exact) mass is 532 g/mol. The molecule has 0 atom stereocenters. The van der Waals surface area contributed by atoms with E-state index < -0.39 is 28.9 Å². The summed E-state index contributed by atoms with van der Waals surface area (Å²) in [6.45, 7) is 1.13. The number of anilines is 1. The zero-order valence-corrected chi connectivity index (χ0v) is 20.3. The average molecular weight is 532 g/mol. The molecule has 1 aromatic heterocycles. The molecule has 5 rings (SSSR count). The highest BCUT2D eigenvalue weighted by molar-refractivity contribution is 6.04. The summed E-state index contributed by atoms with van der Waals surface area (Å²) in [6, 6.07) is 6.82. The van der Waals surface area contributed by atoms with Crippen LogP contribution < -0.4 is 5.32 Å². The van der Waals surface area contributed by atoms with Crippen molar-refractivity contribution in [1.29, 1.82) is 0 Å². The summed E-state index contributed by atoms with van der Waals surface area (Å²) in [5, 5.41) is 16.4. The lowest BCUT2D eigenvalue weighted by atomic mass is 9.93. The number of carbonyl (C=O) groups is 2. The summed E-state index contributed by atoms with van der Waals surface area (Å²) < 4.78 is 58.9. The molecule has 0 radical (unpaired) electrons. The van der Waals surface area contributed by atoms with Crippen LogP contribution in [0.1, 0.15) is 47.2 Å². The minimum Gasteiger partial charge on any atom is -0.381 e. The van der Waals surface area contributed by atoms with E-state index in [1.165, 1.54) is 12.1 Å². The van der Waals surface area contributed by atoms with Gasteiger partial charge in [-0.3, -0.25) is 9.59 Å². The van der Waals surface area contributed by atoms with E-state index in [-0.39, 0.29) is 36.2 Å². The lowest BCUT2D eigenvalue weighted by molar-refractivity contribution is -0.137. The largest absolute Gasteiger partial charge is 0.416 e. The van der Waals surface area contributed by atoms with Gasteiger partial charge in [0.05, 0.1) is 16.5 Å². The van der Waals surface area contributed by atoms with Gasteiger partial charge in [-0.2, -0.15) is 13.2 Å². The number of aromatic amines is 1.